The molecule has 0 bridgehead atoms. The van der Waals surface area contributed by atoms with Crippen LogP contribution in [0.25, 0.3) is 5.76 Å². The van der Waals surface area contributed by atoms with Crippen LogP contribution in [0.15, 0.2) is 60.2 Å². The number of benzene rings is 3. The van der Waals surface area contributed by atoms with Crippen LogP contribution in [-0.2, 0) is 9.59 Å². The maximum atomic E-state index is 13.5. The van der Waals surface area contributed by atoms with Gasteiger partial charge in [0.15, 0.2) is 5.75 Å². The van der Waals surface area contributed by atoms with Gasteiger partial charge >= 0.3 is 0 Å². The standard InChI is InChI=1S/C24H14Cl4FNO4/c1-34-23-17(27)9-12(10-18(23)28)21(31)19-20(11-2-7-15(25)16(26)8-11)30(24(33)22(19)32)14-5-3-13(29)4-6-14/h2-10,20,31H,1H3/b21-19+. The van der Waals surface area contributed by atoms with Gasteiger partial charge in [0.25, 0.3) is 11.7 Å². The molecule has 0 saturated carbocycles. The first kappa shape index (κ1) is 24.4. The lowest BCUT2D eigenvalue weighted by Gasteiger charge is -2.25. The summed E-state index contributed by atoms with van der Waals surface area (Å²) in [5.74, 6) is -2.72. The first-order valence-electron chi connectivity index (χ1n) is 9.69. The molecule has 0 spiro atoms. The molecule has 0 radical (unpaired) electrons. The van der Waals surface area contributed by atoms with Gasteiger partial charge in [-0.2, -0.15) is 0 Å². The molecule has 34 heavy (non-hydrogen) atoms. The molecular weight excluding hydrogens is 527 g/mol. The monoisotopic (exact) mass is 539 g/mol. The lowest BCUT2D eigenvalue weighted by atomic mass is 9.95. The maximum absolute atomic E-state index is 13.5. The van der Waals surface area contributed by atoms with Gasteiger partial charge in [0, 0.05) is 11.3 Å². The summed E-state index contributed by atoms with van der Waals surface area (Å²) in [6, 6.07) is 11.2. The molecule has 10 heteroatoms. The van der Waals surface area contributed by atoms with Gasteiger partial charge in [-0.15, -0.1) is 0 Å². The Hall–Kier alpha value is -2.77. The number of anilines is 1. The van der Waals surface area contributed by atoms with E-state index in [4.69, 9.17) is 51.1 Å². The Balaban J connectivity index is 1.97. The molecule has 1 amide bonds. The van der Waals surface area contributed by atoms with Crippen LogP contribution in [0.3, 0.4) is 0 Å². The van der Waals surface area contributed by atoms with E-state index in [1.54, 1.807) is 6.07 Å². The molecule has 1 unspecified atom stereocenters. The molecule has 0 aliphatic carbocycles. The number of carbonyl (C=O) groups excluding carboxylic acids is 2. The number of hydrogen-bond donors (Lipinski definition) is 1. The van der Waals surface area contributed by atoms with Gasteiger partial charge in [-0.25, -0.2) is 4.39 Å². The van der Waals surface area contributed by atoms with E-state index < -0.39 is 29.3 Å². The highest BCUT2D eigenvalue weighted by Gasteiger charge is 2.47. The van der Waals surface area contributed by atoms with Gasteiger partial charge in [0.1, 0.15) is 11.6 Å². The van der Waals surface area contributed by atoms with E-state index in [0.29, 0.717) is 5.56 Å². The molecule has 1 saturated heterocycles. The molecule has 3 aromatic rings. The number of nitrogens with zero attached hydrogens (tertiary/aromatic N) is 1. The van der Waals surface area contributed by atoms with Gasteiger partial charge in [-0.05, 0) is 54.1 Å². The zero-order valence-corrected chi connectivity index (χ0v) is 20.3. The maximum Gasteiger partial charge on any atom is 0.300 e. The van der Waals surface area contributed by atoms with Crippen LogP contribution >= 0.6 is 46.4 Å². The second kappa shape index (κ2) is 9.47. The van der Waals surface area contributed by atoms with Crippen LogP contribution < -0.4 is 9.64 Å². The fourth-order valence-corrected chi connectivity index (χ4v) is 4.69. The zero-order chi connectivity index (χ0) is 24.7. The topological polar surface area (TPSA) is 66.8 Å². The fourth-order valence-electron chi connectivity index (χ4n) is 3.75. The number of halogens is 5. The van der Waals surface area contributed by atoms with E-state index in [-0.39, 0.29) is 42.7 Å². The first-order chi connectivity index (χ1) is 16.1. The summed E-state index contributed by atoms with van der Waals surface area (Å²) in [6.45, 7) is 0. The van der Waals surface area contributed by atoms with Gasteiger partial charge in [-0.3, -0.25) is 14.5 Å². The summed E-state index contributed by atoms with van der Waals surface area (Å²) in [7, 11) is 1.38. The number of rotatable bonds is 4. The van der Waals surface area contributed by atoms with Gasteiger partial charge in [0.05, 0.1) is 38.8 Å². The Bertz CT molecular complexity index is 1330. The third kappa shape index (κ3) is 4.23. The van der Waals surface area contributed by atoms with Crippen molar-refractivity contribution in [3.05, 3.63) is 97.2 Å². The van der Waals surface area contributed by atoms with E-state index >= 15 is 0 Å². The van der Waals surface area contributed by atoms with E-state index in [1.165, 1.54) is 43.5 Å². The van der Waals surface area contributed by atoms with Crippen molar-refractivity contribution in [3.8, 4) is 5.75 Å². The van der Waals surface area contributed by atoms with Crippen LogP contribution in [0.2, 0.25) is 20.1 Å². The first-order valence-corrected chi connectivity index (χ1v) is 11.2. The summed E-state index contributed by atoms with van der Waals surface area (Å²) >= 11 is 24.7. The highest BCUT2D eigenvalue weighted by Crippen LogP contribution is 2.44. The summed E-state index contributed by atoms with van der Waals surface area (Å²) in [4.78, 5) is 27.4. The van der Waals surface area contributed by atoms with Crippen LogP contribution in [0.5, 0.6) is 5.75 Å². The van der Waals surface area contributed by atoms with Gasteiger partial charge in [-0.1, -0.05) is 52.5 Å². The lowest BCUT2D eigenvalue weighted by Crippen LogP contribution is -2.29. The smallest absolute Gasteiger partial charge is 0.300 e. The predicted octanol–water partition coefficient (Wildman–Crippen LogP) is 7.07. The number of methoxy groups -OCH3 is 1. The normalized spacial score (nSPS) is 17.4. The molecule has 3 aromatic carbocycles. The molecule has 0 aromatic heterocycles. The Morgan fingerprint density at radius 1 is 0.912 bits per heavy atom. The number of ketones is 1. The van der Waals surface area contributed by atoms with Crippen molar-refractivity contribution in [1.29, 1.82) is 0 Å². The number of amides is 1. The molecule has 4 rings (SSSR count). The number of carbonyl (C=O) groups is 2. The molecule has 1 heterocycles. The average molecular weight is 541 g/mol. The van der Waals surface area contributed by atoms with Crippen molar-refractivity contribution in [2.75, 3.05) is 12.0 Å². The third-order valence-corrected chi connectivity index (χ3v) is 6.58. The van der Waals surface area contributed by atoms with Crippen molar-refractivity contribution in [2.45, 2.75) is 6.04 Å². The molecule has 1 aliphatic heterocycles. The number of Topliss-reactive ketones (excluding diaryl/α,β-unsaturated/α-hetero) is 1. The lowest BCUT2D eigenvalue weighted by molar-refractivity contribution is -0.132. The third-order valence-electron chi connectivity index (χ3n) is 5.28. The highest BCUT2D eigenvalue weighted by molar-refractivity contribution is 6.52. The second-order valence-electron chi connectivity index (χ2n) is 7.29. The highest BCUT2D eigenvalue weighted by atomic mass is 35.5. The Morgan fingerprint density at radius 3 is 2.09 bits per heavy atom. The summed E-state index contributed by atoms with van der Waals surface area (Å²) in [6.07, 6.45) is 0. The summed E-state index contributed by atoms with van der Waals surface area (Å²) < 4.78 is 18.7. The number of aliphatic hydroxyl groups excluding tert-OH is 1. The Labute approximate surface area is 213 Å². The molecule has 174 valence electrons. The zero-order valence-electron chi connectivity index (χ0n) is 17.3. The minimum Gasteiger partial charge on any atom is -0.507 e. The van der Waals surface area contributed by atoms with Crippen LogP contribution in [0.1, 0.15) is 17.2 Å². The van der Waals surface area contributed by atoms with Gasteiger partial charge in [0.2, 0.25) is 0 Å². The molecular formula is C24H14Cl4FNO4. The SMILES string of the molecule is COc1c(Cl)cc(/C(O)=C2\C(=O)C(=O)N(c3ccc(F)cc3)C2c2ccc(Cl)c(Cl)c2)cc1Cl. The van der Waals surface area contributed by atoms with E-state index in [1.807, 2.05) is 0 Å². The van der Waals surface area contributed by atoms with Crippen molar-refractivity contribution >= 4 is 69.5 Å². The molecule has 1 N–H and O–H groups in total. The van der Waals surface area contributed by atoms with Gasteiger partial charge < -0.3 is 9.84 Å². The van der Waals surface area contributed by atoms with Crippen LogP contribution in [0, 0.1) is 5.82 Å². The van der Waals surface area contributed by atoms with E-state index in [0.717, 1.165) is 17.0 Å². The van der Waals surface area contributed by atoms with E-state index in [2.05, 4.69) is 0 Å². The molecule has 5 nitrogen and oxygen atoms in total. The number of ether oxygens (including phenoxy) is 1. The van der Waals surface area contributed by atoms with Crippen molar-refractivity contribution in [1.82, 2.24) is 0 Å². The van der Waals surface area contributed by atoms with Crippen molar-refractivity contribution in [3.63, 3.8) is 0 Å². The summed E-state index contributed by atoms with van der Waals surface area (Å²) in [5.41, 5.74) is 0.498. The predicted molar refractivity (Wildman–Crippen MR) is 131 cm³/mol. The van der Waals surface area contributed by atoms with Crippen LogP contribution in [-0.4, -0.2) is 23.9 Å². The second-order valence-corrected chi connectivity index (χ2v) is 8.92. The molecule has 1 fully saturated rings. The van der Waals surface area contributed by atoms with Crippen LogP contribution in [0.4, 0.5) is 10.1 Å². The number of aliphatic hydroxyl groups is 1. The Kier molecular flexibility index (Phi) is 6.78. The molecule has 1 atom stereocenters. The van der Waals surface area contributed by atoms with Crippen molar-refractivity contribution < 1.29 is 23.8 Å². The fraction of sp³-hybridized carbons (Fsp3) is 0.0833. The largest absolute Gasteiger partial charge is 0.507 e. The Morgan fingerprint density at radius 2 is 1.53 bits per heavy atom. The number of hydrogen-bond acceptors (Lipinski definition) is 4. The van der Waals surface area contributed by atoms with E-state index in [9.17, 15) is 19.1 Å². The minimum absolute atomic E-state index is 0.0930. The average Bonchev–Trinajstić information content (AvgIpc) is 3.06. The quantitative estimate of drug-likeness (QED) is 0.218. The molecule has 1 aliphatic rings. The minimum atomic E-state index is -1.10. The summed E-state index contributed by atoms with van der Waals surface area (Å²) in [5, 5.41) is 11.8. The van der Waals surface area contributed by atoms with Crippen molar-refractivity contribution in [2.24, 2.45) is 0 Å².